The van der Waals surface area contributed by atoms with Crippen molar-refractivity contribution in [3.63, 3.8) is 0 Å². The van der Waals surface area contributed by atoms with Crippen molar-refractivity contribution >= 4 is 23.2 Å². The van der Waals surface area contributed by atoms with Crippen molar-refractivity contribution in [2.24, 2.45) is 11.7 Å². The van der Waals surface area contributed by atoms with Gasteiger partial charge in [-0.2, -0.15) is 0 Å². The summed E-state index contributed by atoms with van der Waals surface area (Å²) in [6.07, 6.45) is 6.76. The predicted octanol–water partition coefficient (Wildman–Crippen LogP) is 4.83. The van der Waals surface area contributed by atoms with Crippen LogP contribution in [-0.2, 0) is 6.42 Å². The Labute approximate surface area is 120 Å². The third-order valence-corrected chi connectivity index (χ3v) is 5.03. The lowest BCUT2D eigenvalue weighted by Crippen LogP contribution is -2.50. The van der Waals surface area contributed by atoms with Crippen LogP contribution in [0.15, 0.2) is 18.2 Å². The Morgan fingerprint density at radius 2 is 1.94 bits per heavy atom. The molecule has 1 aromatic rings. The highest BCUT2D eigenvalue weighted by Crippen LogP contribution is 2.39. The van der Waals surface area contributed by atoms with E-state index < -0.39 is 0 Å². The molecule has 0 radical (unpaired) electrons. The van der Waals surface area contributed by atoms with Crippen molar-refractivity contribution in [1.82, 2.24) is 0 Å². The molecule has 18 heavy (non-hydrogen) atoms. The average molecular weight is 286 g/mol. The Hall–Kier alpha value is -0.240. The van der Waals surface area contributed by atoms with Crippen LogP contribution in [0.2, 0.25) is 10.0 Å². The zero-order valence-electron chi connectivity index (χ0n) is 10.9. The fourth-order valence-corrected chi connectivity index (χ4v) is 3.74. The third-order valence-electron chi connectivity index (χ3n) is 4.32. The summed E-state index contributed by atoms with van der Waals surface area (Å²) in [5.74, 6) is 0.582. The minimum absolute atomic E-state index is 0.137. The summed E-state index contributed by atoms with van der Waals surface area (Å²) in [4.78, 5) is 0. The largest absolute Gasteiger partial charge is 0.325 e. The first-order valence-electron chi connectivity index (χ1n) is 6.78. The molecule has 0 spiro atoms. The van der Waals surface area contributed by atoms with Crippen molar-refractivity contribution in [2.75, 3.05) is 0 Å². The standard InChI is InChI=1S/C15H21Cl2N/c1-2-11-6-3-4-9-15(11,18)10-12-13(16)7-5-8-14(12)17/h5,7-8,11H,2-4,6,9-10,18H2,1H3. The van der Waals surface area contributed by atoms with Crippen molar-refractivity contribution in [1.29, 1.82) is 0 Å². The summed E-state index contributed by atoms with van der Waals surface area (Å²) in [7, 11) is 0. The van der Waals surface area contributed by atoms with Crippen LogP contribution in [0.25, 0.3) is 0 Å². The predicted molar refractivity (Wildman–Crippen MR) is 79.3 cm³/mol. The van der Waals surface area contributed by atoms with E-state index in [0.29, 0.717) is 5.92 Å². The maximum atomic E-state index is 6.67. The highest BCUT2D eigenvalue weighted by molar-refractivity contribution is 6.36. The van der Waals surface area contributed by atoms with Crippen LogP contribution in [-0.4, -0.2) is 5.54 Å². The van der Waals surface area contributed by atoms with E-state index in [1.54, 1.807) is 0 Å². The lowest BCUT2D eigenvalue weighted by molar-refractivity contribution is 0.182. The lowest BCUT2D eigenvalue weighted by atomic mass is 9.69. The fourth-order valence-electron chi connectivity index (χ4n) is 3.21. The van der Waals surface area contributed by atoms with Gasteiger partial charge in [-0.1, -0.05) is 55.5 Å². The molecule has 0 heterocycles. The first-order valence-corrected chi connectivity index (χ1v) is 7.54. The van der Waals surface area contributed by atoms with Crippen LogP contribution >= 0.6 is 23.2 Å². The van der Waals surface area contributed by atoms with Crippen molar-refractivity contribution in [3.05, 3.63) is 33.8 Å². The summed E-state index contributed by atoms with van der Waals surface area (Å²) in [5.41, 5.74) is 7.55. The van der Waals surface area contributed by atoms with Crippen LogP contribution < -0.4 is 5.73 Å². The zero-order chi connectivity index (χ0) is 13.2. The molecular weight excluding hydrogens is 265 g/mol. The maximum Gasteiger partial charge on any atom is 0.0453 e. The van der Waals surface area contributed by atoms with Crippen molar-refractivity contribution < 1.29 is 0 Å². The molecule has 1 aliphatic rings. The van der Waals surface area contributed by atoms with Gasteiger partial charge in [0, 0.05) is 15.6 Å². The first kappa shape index (κ1) is 14.2. The molecule has 1 aliphatic carbocycles. The van der Waals surface area contributed by atoms with E-state index in [0.717, 1.165) is 34.9 Å². The van der Waals surface area contributed by atoms with Gasteiger partial charge in [-0.25, -0.2) is 0 Å². The normalized spacial score (nSPS) is 28.3. The summed E-state index contributed by atoms with van der Waals surface area (Å²) in [6, 6.07) is 5.68. The molecule has 2 rings (SSSR count). The highest BCUT2D eigenvalue weighted by atomic mass is 35.5. The second-order valence-corrected chi connectivity index (χ2v) is 6.28. The summed E-state index contributed by atoms with van der Waals surface area (Å²) < 4.78 is 0. The topological polar surface area (TPSA) is 26.0 Å². The molecule has 0 bridgehead atoms. The molecule has 0 amide bonds. The molecule has 1 fully saturated rings. The van der Waals surface area contributed by atoms with Gasteiger partial charge in [0.05, 0.1) is 0 Å². The monoisotopic (exact) mass is 285 g/mol. The number of benzene rings is 1. The molecule has 0 saturated heterocycles. The molecular formula is C15H21Cl2N. The highest BCUT2D eigenvalue weighted by Gasteiger charge is 2.36. The second kappa shape index (κ2) is 5.81. The van der Waals surface area contributed by atoms with Crippen LogP contribution in [0.5, 0.6) is 0 Å². The van der Waals surface area contributed by atoms with E-state index in [-0.39, 0.29) is 5.54 Å². The molecule has 3 heteroatoms. The van der Waals surface area contributed by atoms with E-state index in [1.165, 1.54) is 19.3 Å². The summed E-state index contributed by atoms with van der Waals surface area (Å²) >= 11 is 12.5. The van der Waals surface area contributed by atoms with Gasteiger partial charge < -0.3 is 5.73 Å². The van der Waals surface area contributed by atoms with Gasteiger partial charge in [-0.3, -0.25) is 0 Å². The molecule has 1 nitrogen and oxygen atoms in total. The number of nitrogens with two attached hydrogens (primary N) is 1. The summed E-state index contributed by atoms with van der Waals surface area (Å²) in [6.45, 7) is 2.23. The summed E-state index contributed by atoms with van der Waals surface area (Å²) in [5, 5.41) is 1.49. The van der Waals surface area contributed by atoms with Crippen molar-refractivity contribution in [3.8, 4) is 0 Å². The maximum absolute atomic E-state index is 6.67. The quantitative estimate of drug-likeness (QED) is 0.845. The lowest BCUT2D eigenvalue weighted by Gasteiger charge is -2.41. The van der Waals surface area contributed by atoms with Gasteiger partial charge in [0.25, 0.3) is 0 Å². The van der Waals surface area contributed by atoms with Gasteiger partial charge in [-0.05, 0) is 42.9 Å². The van der Waals surface area contributed by atoms with Crippen molar-refractivity contribution in [2.45, 2.75) is 51.0 Å². The minimum atomic E-state index is -0.137. The zero-order valence-corrected chi connectivity index (χ0v) is 12.4. The number of hydrogen-bond acceptors (Lipinski definition) is 1. The number of hydrogen-bond donors (Lipinski definition) is 1. The van der Waals surface area contributed by atoms with Crippen LogP contribution in [0, 0.1) is 5.92 Å². The molecule has 1 saturated carbocycles. The average Bonchev–Trinajstić information content (AvgIpc) is 2.35. The molecule has 1 aromatic carbocycles. The van der Waals surface area contributed by atoms with E-state index in [1.807, 2.05) is 18.2 Å². The van der Waals surface area contributed by atoms with E-state index >= 15 is 0 Å². The molecule has 0 aromatic heterocycles. The SMILES string of the molecule is CCC1CCCCC1(N)Cc1c(Cl)cccc1Cl. The molecule has 2 atom stereocenters. The Kier molecular flexibility index (Phi) is 4.58. The van der Waals surface area contributed by atoms with Crippen LogP contribution in [0.3, 0.4) is 0 Å². The minimum Gasteiger partial charge on any atom is -0.325 e. The third kappa shape index (κ3) is 2.84. The van der Waals surface area contributed by atoms with Gasteiger partial charge in [-0.15, -0.1) is 0 Å². The Bertz CT molecular complexity index is 399. The number of rotatable bonds is 3. The number of halogens is 2. The molecule has 0 aliphatic heterocycles. The van der Waals surface area contributed by atoms with Gasteiger partial charge in [0.2, 0.25) is 0 Å². The molecule has 2 unspecified atom stereocenters. The van der Waals surface area contributed by atoms with Crippen LogP contribution in [0.1, 0.15) is 44.6 Å². The van der Waals surface area contributed by atoms with E-state index in [2.05, 4.69) is 6.92 Å². The Morgan fingerprint density at radius 1 is 1.28 bits per heavy atom. The van der Waals surface area contributed by atoms with Crippen LogP contribution in [0.4, 0.5) is 0 Å². The first-order chi connectivity index (χ1) is 8.57. The smallest absolute Gasteiger partial charge is 0.0453 e. The van der Waals surface area contributed by atoms with Gasteiger partial charge >= 0.3 is 0 Å². The van der Waals surface area contributed by atoms with Gasteiger partial charge in [0.15, 0.2) is 0 Å². The van der Waals surface area contributed by atoms with E-state index in [4.69, 9.17) is 28.9 Å². The fraction of sp³-hybridized carbons (Fsp3) is 0.600. The Morgan fingerprint density at radius 3 is 2.56 bits per heavy atom. The molecule has 100 valence electrons. The molecule has 2 N–H and O–H groups in total. The van der Waals surface area contributed by atoms with E-state index in [9.17, 15) is 0 Å². The van der Waals surface area contributed by atoms with Gasteiger partial charge in [0.1, 0.15) is 0 Å². The second-order valence-electron chi connectivity index (χ2n) is 5.46. The Balaban J connectivity index is 2.25.